The number of hydrogen-bond acceptors (Lipinski definition) is 2. The Labute approximate surface area is 193 Å². The largest absolute Gasteiger partial charge is 0.346 e. The zero-order valence-electron chi connectivity index (χ0n) is 19.5. The maximum Gasteiger partial charge on any atom is 0.251 e. The molecule has 4 rings (SSSR count). The average molecular weight is 456 g/mol. The molecule has 2 N–H and O–H groups in total. The van der Waals surface area contributed by atoms with Crippen LogP contribution in [0, 0.1) is 17.6 Å². The molecule has 0 saturated heterocycles. The predicted octanol–water partition coefficient (Wildman–Crippen LogP) is 3.36. The number of nitrogens with zero attached hydrogens (tertiary/aromatic N) is 2. The molecule has 176 valence electrons. The number of quaternary nitrogens is 1. The van der Waals surface area contributed by atoms with Crippen LogP contribution in [0.1, 0.15) is 53.6 Å². The summed E-state index contributed by atoms with van der Waals surface area (Å²) >= 11 is 0. The lowest BCUT2D eigenvalue weighted by molar-refractivity contribution is -0.856. The summed E-state index contributed by atoms with van der Waals surface area (Å²) in [6.07, 6.45) is 8.28. The number of hydrogen-bond donors (Lipinski definition) is 2. The van der Waals surface area contributed by atoms with Crippen LogP contribution in [0.2, 0.25) is 0 Å². The van der Waals surface area contributed by atoms with Crippen molar-refractivity contribution in [1.82, 2.24) is 15.1 Å². The van der Waals surface area contributed by atoms with Crippen molar-refractivity contribution in [2.45, 2.75) is 45.1 Å². The molecule has 3 aromatic rings. The number of amides is 1. The van der Waals surface area contributed by atoms with E-state index in [1.54, 1.807) is 0 Å². The van der Waals surface area contributed by atoms with Gasteiger partial charge in [-0.1, -0.05) is 25.3 Å². The molecule has 0 bridgehead atoms. The first-order valence-electron chi connectivity index (χ1n) is 11.9. The number of aromatic nitrogens is 2. The topological polar surface area (TPSA) is 51.4 Å². The third-order valence-corrected chi connectivity index (χ3v) is 6.57. The molecule has 1 fully saturated rings. The summed E-state index contributed by atoms with van der Waals surface area (Å²) in [5, 5.41) is 8.53. The minimum absolute atomic E-state index is 0.180. The average Bonchev–Trinajstić information content (AvgIpc) is 3.17. The summed E-state index contributed by atoms with van der Waals surface area (Å²) in [4.78, 5) is 14.4. The van der Waals surface area contributed by atoms with Crippen molar-refractivity contribution < 1.29 is 18.5 Å². The molecule has 5 nitrogen and oxygen atoms in total. The van der Waals surface area contributed by atoms with E-state index < -0.39 is 11.6 Å². The van der Waals surface area contributed by atoms with Gasteiger partial charge in [0, 0.05) is 30.0 Å². The lowest BCUT2D eigenvalue weighted by atomic mass is 9.89. The standard InChI is InChI=1S/C26H32F2N4O/c1-31(2)11-10-29-26(33)23-15-25-21(16-30-32(25)17-18-6-4-3-5-7-18)13-20(23)12-19-8-9-22(27)14-24(19)28/h8-9,13-16,18H,3-7,10-12,17H2,1-2H3,(H,29,33)/p+1. The maximum absolute atomic E-state index is 14.4. The van der Waals surface area contributed by atoms with E-state index in [9.17, 15) is 13.6 Å². The molecule has 1 amide bonds. The van der Waals surface area contributed by atoms with Crippen LogP contribution in [0.4, 0.5) is 8.78 Å². The number of carbonyl (C=O) groups is 1. The molecule has 0 spiro atoms. The van der Waals surface area contributed by atoms with E-state index in [-0.39, 0.29) is 12.3 Å². The van der Waals surface area contributed by atoms with E-state index >= 15 is 0 Å². The van der Waals surface area contributed by atoms with Crippen molar-refractivity contribution in [3.63, 3.8) is 0 Å². The van der Waals surface area contributed by atoms with E-state index in [0.717, 1.165) is 30.1 Å². The summed E-state index contributed by atoms with van der Waals surface area (Å²) in [5.74, 6) is -0.790. The summed E-state index contributed by atoms with van der Waals surface area (Å²) in [6.45, 7) is 2.20. The van der Waals surface area contributed by atoms with Gasteiger partial charge < -0.3 is 10.2 Å². The number of nitrogens with one attached hydrogen (secondary N) is 2. The van der Waals surface area contributed by atoms with Gasteiger partial charge in [-0.3, -0.25) is 9.48 Å². The third-order valence-electron chi connectivity index (χ3n) is 6.57. The quantitative estimate of drug-likeness (QED) is 0.547. The van der Waals surface area contributed by atoms with Crippen molar-refractivity contribution in [2.75, 3.05) is 27.2 Å². The monoisotopic (exact) mass is 455 g/mol. The molecule has 0 aliphatic heterocycles. The Kier molecular flexibility index (Phi) is 7.38. The molecular formula is C26H33F2N4O+. The fraction of sp³-hybridized carbons (Fsp3) is 0.462. The highest BCUT2D eigenvalue weighted by Gasteiger charge is 2.19. The predicted molar refractivity (Wildman–Crippen MR) is 125 cm³/mol. The number of halogens is 2. The second kappa shape index (κ2) is 10.4. The Bertz CT molecular complexity index is 1120. The van der Waals surface area contributed by atoms with Crippen LogP contribution >= 0.6 is 0 Å². The SMILES string of the molecule is C[NH+](C)CCNC(=O)c1cc2c(cnn2CC2CCCCC2)cc1Cc1ccc(F)cc1F. The van der Waals surface area contributed by atoms with Gasteiger partial charge in [0.2, 0.25) is 0 Å². The third kappa shape index (κ3) is 5.77. The van der Waals surface area contributed by atoms with Gasteiger partial charge in [-0.2, -0.15) is 5.10 Å². The zero-order chi connectivity index (χ0) is 23.4. The maximum atomic E-state index is 14.4. The number of likely N-dealkylation sites (N-methyl/N-ethyl adjacent to an activating group) is 1. The second-order valence-electron chi connectivity index (χ2n) is 9.52. The van der Waals surface area contributed by atoms with Gasteiger partial charge in [0.25, 0.3) is 5.91 Å². The van der Waals surface area contributed by atoms with E-state index in [1.807, 2.05) is 37.1 Å². The molecule has 0 radical (unpaired) electrons. The first-order valence-corrected chi connectivity index (χ1v) is 11.9. The van der Waals surface area contributed by atoms with Gasteiger partial charge in [-0.05, 0) is 48.1 Å². The molecule has 33 heavy (non-hydrogen) atoms. The molecule has 1 aromatic heterocycles. The van der Waals surface area contributed by atoms with Gasteiger partial charge in [0.05, 0.1) is 38.9 Å². The molecule has 1 heterocycles. The van der Waals surface area contributed by atoms with Crippen molar-refractivity contribution in [1.29, 1.82) is 0 Å². The van der Waals surface area contributed by atoms with Gasteiger partial charge in [0.1, 0.15) is 11.6 Å². The Hall–Kier alpha value is -2.80. The van der Waals surface area contributed by atoms with E-state index in [2.05, 4.69) is 10.4 Å². The van der Waals surface area contributed by atoms with E-state index in [1.165, 1.54) is 49.1 Å². The molecule has 1 aliphatic carbocycles. The molecule has 2 aromatic carbocycles. The first kappa shape index (κ1) is 23.4. The molecule has 0 atom stereocenters. The highest BCUT2D eigenvalue weighted by atomic mass is 19.1. The van der Waals surface area contributed by atoms with Gasteiger partial charge in [-0.25, -0.2) is 8.78 Å². The normalized spacial score (nSPS) is 14.8. The van der Waals surface area contributed by atoms with Crippen LogP contribution in [0.3, 0.4) is 0 Å². The van der Waals surface area contributed by atoms with Crippen LogP contribution in [0.15, 0.2) is 36.5 Å². The number of carbonyl (C=O) groups excluding carboxylic acids is 1. The number of rotatable bonds is 8. The Balaban J connectivity index is 1.67. The van der Waals surface area contributed by atoms with Gasteiger partial charge >= 0.3 is 0 Å². The molecule has 1 saturated carbocycles. The van der Waals surface area contributed by atoms with Crippen molar-refractivity contribution in [3.05, 3.63) is 64.9 Å². The van der Waals surface area contributed by atoms with Crippen LogP contribution < -0.4 is 10.2 Å². The molecule has 1 aliphatic rings. The highest BCUT2D eigenvalue weighted by Crippen LogP contribution is 2.28. The van der Waals surface area contributed by atoms with Crippen molar-refractivity contribution >= 4 is 16.8 Å². The van der Waals surface area contributed by atoms with Gasteiger partial charge in [-0.15, -0.1) is 0 Å². The summed E-state index contributed by atoms with van der Waals surface area (Å²) in [7, 11) is 4.07. The molecule has 7 heteroatoms. The van der Waals surface area contributed by atoms with Crippen LogP contribution in [0.5, 0.6) is 0 Å². The van der Waals surface area contributed by atoms with E-state index in [4.69, 9.17) is 0 Å². The minimum Gasteiger partial charge on any atom is -0.346 e. The van der Waals surface area contributed by atoms with Crippen LogP contribution in [-0.4, -0.2) is 42.9 Å². The Morgan fingerprint density at radius 2 is 1.91 bits per heavy atom. The molecule has 0 unspecified atom stereocenters. The van der Waals surface area contributed by atoms with Crippen LogP contribution in [-0.2, 0) is 13.0 Å². The Morgan fingerprint density at radius 3 is 2.64 bits per heavy atom. The molecular weight excluding hydrogens is 422 g/mol. The zero-order valence-corrected chi connectivity index (χ0v) is 19.5. The summed E-state index contributed by atoms with van der Waals surface area (Å²) < 4.78 is 29.8. The fourth-order valence-electron chi connectivity index (χ4n) is 4.68. The lowest BCUT2D eigenvalue weighted by Crippen LogP contribution is -3.06. The number of fused-ring (bicyclic) bond motifs is 1. The second-order valence-corrected chi connectivity index (χ2v) is 9.52. The highest BCUT2D eigenvalue weighted by molar-refractivity contribution is 5.99. The summed E-state index contributed by atoms with van der Waals surface area (Å²) in [6, 6.07) is 7.39. The van der Waals surface area contributed by atoms with Gasteiger partial charge in [0.15, 0.2) is 0 Å². The van der Waals surface area contributed by atoms with Crippen LogP contribution in [0.25, 0.3) is 10.9 Å². The minimum atomic E-state index is -0.611. The Morgan fingerprint density at radius 1 is 1.12 bits per heavy atom. The van der Waals surface area contributed by atoms with E-state index in [0.29, 0.717) is 29.2 Å². The van der Waals surface area contributed by atoms with Crippen molar-refractivity contribution in [2.24, 2.45) is 5.92 Å². The fourth-order valence-corrected chi connectivity index (χ4v) is 4.68. The number of benzene rings is 2. The summed E-state index contributed by atoms with van der Waals surface area (Å²) in [5.41, 5.74) is 2.51. The first-order chi connectivity index (χ1) is 15.9. The van der Waals surface area contributed by atoms with Crippen molar-refractivity contribution in [3.8, 4) is 0 Å². The smallest absolute Gasteiger partial charge is 0.251 e. The lowest BCUT2D eigenvalue weighted by Gasteiger charge is -2.21.